The molecule has 1 aromatic carbocycles. The molecule has 0 bridgehead atoms. The van der Waals surface area contributed by atoms with Crippen molar-refractivity contribution < 1.29 is 26.7 Å². The molecule has 0 radical (unpaired) electrons. The Bertz CT molecular complexity index is 766. The number of anilines is 1. The average Bonchev–Trinajstić information content (AvgIpc) is 3.43. The van der Waals surface area contributed by atoms with Gasteiger partial charge < -0.3 is 4.90 Å². The molecule has 0 aromatic heterocycles. The van der Waals surface area contributed by atoms with Crippen LogP contribution in [0.4, 0.5) is 27.6 Å². The topological polar surface area (TPSA) is 20.3 Å². The lowest BCUT2D eigenvalue weighted by Crippen LogP contribution is -2.49. The minimum absolute atomic E-state index is 0.239. The molecule has 1 aromatic rings. The van der Waals surface area contributed by atoms with E-state index >= 15 is 0 Å². The lowest BCUT2D eigenvalue weighted by atomic mass is 9.95. The van der Waals surface area contributed by atoms with Gasteiger partial charge in [0.25, 0.3) is 0 Å². The maximum atomic E-state index is 13.6. The molecule has 2 fully saturated rings. The highest BCUT2D eigenvalue weighted by Crippen LogP contribution is 2.60. The number of benzene rings is 1. The van der Waals surface area contributed by atoms with E-state index < -0.39 is 30.0 Å². The average molecular weight is 373 g/mol. The van der Waals surface area contributed by atoms with E-state index in [1.54, 1.807) is 12.1 Å². The van der Waals surface area contributed by atoms with Crippen LogP contribution in [-0.2, 0) is 10.2 Å². The summed E-state index contributed by atoms with van der Waals surface area (Å²) >= 11 is 0. The van der Waals surface area contributed by atoms with Gasteiger partial charge in [-0.1, -0.05) is 26.0 Å². The van der Waals surface area contributed by atoms with Crippen molar-refractivity contribution in [2.75, 3.05) is 11.4 Å². The van der Waals surface area contributed by atoms with Gasteiger partial charge in [-0.2, -0.15) is 22.0 Å². The number of fused-ring (bicyclic) bond motifs is 2. The molecule has 0 saturated heterocycles. The normalized spacial score (nSPS) is 26.6. The zero-order valence-electron chi connectivity index (χ0n) is 14.5. The summed E-state index contributed by atoms with van der Waals surface area (Å²) < 4.78 is 65.3. The fourth-order valence-electron chi connectivity index (χ4n) is 4.28. The van der Waals surface area contributed by atoms with Crippen molar-refractivity contribution in [2.45, 2.75) is 56.5 Å². The predicted octanol–water partition coefficient (Wildman–Crippen LogP) is 5.02. The summed E-state index contributed by atoms with van der Waals surface area (Å²) in [6, 6.07) is 5.33. The number of amides is 1. The van der Waals surface area contributed by atoms with Gasteiger partial charge in [-0.05, 0) is 54.2 Å². The molecule has 2 aliphatic carbocycles. The summed E-state index contributed by atoms with van der Waals surface area (Å²) in [5.41, 5.74) is 0.888. The molecule has 0 unspecified atom stereocenters. The summed E-state index contributed by atoms with van der Waals surface area (Å²) in [5, 5.41) is 0. The second kappa shape index (κ2) is 5.20. The summed E-state index contributed by atoms with van der Waals surface area (Å²) in [7, 11) is 0. The quantitative estimate of drug-likeness (QED) is 0.679. The Balaban J connectivity index is 1.69. The molecule has 1 heterocycles. The monoisotopic (exact) mass is 373 g/mol. The third-order valence-electron chi connectivity index (χ3n) is 6.13. The second-order valence-electron chi connectivity index (χ2n) is 8.20. The van der Waals surface area contributed by atoms with Gasteiger partial charge in [0, 0.05) is 5.69 Å². The van der Waals surface area contributed by atoms with Crippen LogP contribution in [0.5, 0.6) is 0 Å². The maximum Gasteiger partial charge on any atom is 0.455 e. The van der Waals surface area contributed by atoms with Gasteiger partial charge in [0.1, 0.15) is 0 Å². The third kappa shape index (κ3) is 2.46. The number of hydrogen-bond acceptors (Lipinski definition) is 1. The van der Waals surface area contributed by atoms with Gasteiger partial charge in [-0.3, -0.25) is 4.79 Å². The van der Waals surface area contributed by atoms with Crippen molar-refractivity contribution >= 4 is 11.6 Å². The number of rotatable bonds is 4. The van der Waals surface area contributed by atoms with Crippen LogP contribution in [0.1, 0.15) is 50.2 Å². The molecule has 26 heavy (non-hydrogen) atoms. The van der Waals surface area contributed by atoms with Crippen molar-refractivity contribution in [1.29, 1.82) is 0 Å². The van der Waals surface area contributed by atoms with Gasteiger partial charge in [0.05, 0.1) is 12.0 Å². The first-order chi connectivity index (χ1) is 12.0. The zero-order valence-corrected chi connectivity index (χ0v) is 14.5. The number of alkyl halides is 5. The van der Waals surface area contributed by atoms with Crippen LogP contribution >= 0.6 is 0 Å². The Morgan fingerprint density at radius 2 is 1.85 bits per heavy atom. The van der Waals surface area contributed by atoms with Crippen LogP contribution in [0.15, 0.2) is 18.2 Å². The van der Waals surface area contributed by atoms with Crippen molar-refractivity contribution in [3.8, 4) is 0 Å². The van der Waals surface area contributed by atoms with Crippen molar-refractivity contribution in [1.82, 2.24) is 0 Å². The highest BCUT2D eigenvalue weighted by atomic mass is 19.4. The molecule has 2 atom stereocenters. The Morgan fingerprint density at radius 3 is 2.35 bits per heavy atom. The zero-order chi connectivity index (χ0) is 19.1. The van der Waals surface area contributed by atoms with Crippen molar-refractivity contribution in [3.63, 3.8) is 0 Å². The molecular weight excluding hydrogens is 353 g/mol. The molecule has 2 nitrogen and oxygen atoms in total. The predicted molar refractivity (Wildman–Crippen MR) is 86.4 cm³/mol. The first kappa shape index (κ1) is 17.7. The van der Waals surface area contributed by atoms with Crippen LogP contribution < -0.4 is 4.90 Å². The van der Waals surface area contributed by atoms with Crippen LogP contribution in [0.25, 0.3) is 0 Å². The van der Waals surface area contributed by atoms with Gasteiger partial charge in [-0.25, -0.2) is 0 Å². The summed E-state index contributed by atoms with van der Waals surface area (Å²) in [6.45, 7) is 2.57. The Labute approximate surface area is 148 Å². The number of carbonyl (C=O) groups excluding carboxylic acids is 1. The Hall–Kier alpha value is -1.66. The summed E-state index contributed by atoms with van der Waals surface area (Å²) in [6.07, 6.45) is -3.69. The molecule has 1 aliphatic heterocycles. The van der Waals surface area contributed by atoms with Crippen LogP contribution in [0, 0.1) is 11.8 Å². The van der Waals surface area contributed by atoms with E-state index in [2.05, 4.69) is 13.8 Å². The van der Waals surface area contributed by atoms with Gasteiger partial charge in [0.2, 0.25) is 5.91 Å². The van der Waals surface area contributed by atoms with Crippen molar-refractivity contribution in [3.05, 3.63) is 29.3 Å². The molecule has 1 spiro atoms. The van der Waals surface area contributed by atoms with E-state index in [1.807, 2.05) is 6.07 Å². The number of nitrogens with zero attached hydrogens (tertiary/aromatic N) is 1. The standard InChI is InChI=1S/C19H20F5NO/c1-10(2)12-8-13(12)11-3-4-14-15(7-11)25(16(26)17(14)5-6-17)9-18(20,21)19(22,23)24/h3-4,7,10,12-13H,5-6,8-9H2,1-2H3/t12-,13-/m1/s1. The molecule has 2 saturated carbocycles. The van der Waals surface area contributed by atoms with E-state index in [4.69, 9.17) is 0 Å². The number of hydrogen-bond donors (Lipinski definition) is 0. The first-order valence-corrected chi connectivity index (χ1v) is 8.89. The molecule has 7 heteroatoms. The fraction of sp³-hybridized carbons (Fsp3) is 0.632. The van der Waals surface area contributed by atoms with Gasteiger partial charge in [-0.15, -0.1) is 0 Å². The fourth-order valence-corrected chi connectivity index (χ4v) is 4.28. The van der Waals surface area contributed by atoms with E-state index in [1.165, 1.54) is 0 Å². The first-order valence-electron chi connectivity index (χ1n) is 8.89. The van der Waals surface area contributed by atoms with Crippen LogP contribution in [0.2, 0.25) is 0 Å². The largest absolute Gasteiger partial charge is 0.455 e. The number of carbonyl (C=O) groups is 1. The Morgan fingerprint density at radius 1 is 1.19 bits per heavy atom. The molecule has 0 N–H and O–H groups in total. The van der Waals surface area contributed by atoms with E-state index in [9.17, 15) is 26.7 Å². The molecule has 142 valence electrons. The van der Waals surface area contributed by atoms with E-state index in [-0.39, 0.29) is 11.6 Å². The molecule has 1 amide bonds. The molecular formula is C19H20F5NO. The van der Waals surface area contributed by atoms with Gasteiger partial charge in [0.15, 0.2) is 0 Å². The lowest BCUT2D eigenvalue weighted by molar-refractivity contribution is -0.276. The van der Waals surface area contributed by atoms with Crippen LogP contribution in [0.3, 0.4) is 0 Å². The van der Waals surface area contributed by atoms with Crippen molar-refractivity contribution in [2.24, 2.45) is 11.8 Å². The highest BCUT2D eigenvalue weighted by molar-refractivity contribution is 6.10. The summed E-state index contributed by atoms with van der Waals surface area (Å²) in [4.78, 5) is 13.3. The minimum atomic E-state index is -5.68. The number of halogens is 5. The summed E-state index contributed by atoms with van der Waals surface area (Å²) in [5.74, 6) is -4.29. The Kier molecular flexibility index (Phi) is 3.55. The van der Waals surface area contributed by atoms with Gasteiger partial charge >= 0.3 is 12.1 Å². The van der Waals surface area contributed by atoms with E-state index in [0.29, 0.717) is 35.1 Å². The van der Waals surface area contributed by atoms with E-state index in [0.717, 1.165) is 12.0 Å². The lowest BCUT2D eigenvalue weighted by Gasteiger charge is -2.26. The maximum absolute atomic E-state index is 13.6. The molecule has 3 aliphatic rings. The molecule has 4 rings (SSSR count). The highest BCUT2D eigenvalue weighted by Gasteiger charge is 2.64. The minimum Gasteiger partial charge on any atom is -0.305 e. The smallest absolute Gasteiger partial charge is 0.305 e. The van der Waals surface area contributed by atoms with Crippen LogP contribution in [-0.4, -0.2) is 24.6 Å². The third-order valence-corrected chi connectivity index (χ3v) is 6.13. The SMILES string of the molecule is CC(C)[C@H]1C[C@@H]1c1ccc2c(c1)N(CC(F)(F)C(F)(F)F)C(=O)C21CC1. The second-order valence-corrected chi connectivity index (χ2v) is 8.20.